The van der Waals surface area contributed by atoms with Gasteiger partial charge in [0, 0.05) is 6.54 Å². The Kier molecular flexibility index (Phi) is 5.89. The van der Waals surface area contributed by atoms with Gasteiger partial charge < -0.3 is 9.84 Å². The van der Waals surface area contributed by atoms with Gasteiger partial charge in [-0.3, -0.25) is 10.1 Å². The summed E-state index contributed by atoms with van der Waals surface area (Å²) in [5, 5.41) is 13.1. The number of ether oxygens (including phenoxy) is 1. The Hall–Kier alpha value is -1.88. The number of carbonyl (C=O) groups excluding carboxylic acids is 1. The number of halogens is 1. The second-order valence-corrected chi connectivity index (χ2v) is 7.86. The fourth-order valence-corrected chi connectivity index (χ4v) is 3.66. The number of aliphatic hydroxyl groups is 1. The molecule has 0 aliphatic heterocycles. The highest BCUT2D eigenvalue weighted by molar-refractivity contribution is 6.32. The molecule has 2 aromatic carbocycles. The predicted octanol–water partition coefficient (Wildman–Crippen LogP) is 4.14. The smallest absolute Gasteiger partial charge is 0.151 e. The first-order valence-corrected chi connectivity index (χ1v) is 9.62. The van der Waals surface area contributed by atoms with Gasteiger partial charge >= 0.3 is 0 Å². The first-order valence-electron chi connectivity index (χ1n) is 9.24. The lowest BCUT2D eigenvalue weighted by Gasteiger charge is -2.26. The number of carbonyl (C=O) groups is 1. The predicted molar refractivity (Wildman–Crippen MR) is 107 cm³/mol. The monoisotopic (exact) mass is 387 g/mol. The molecule has 0 amide bonds. The minimum Gasteiger partial charge on any atom is -0.484 e. The zero-order valence-electron chi connectivity index (χ0n) is 16.0. The second-order valence-electron chi connectivity index (χ2n) is 7.45. The molecular formula is C22H26ClNO3. The Balaban J connectivity index is 1.70. The molecule has 2 atom stereocenters. The third kappa shape index (κ3) is 4.18. The summed E-state index contributed by atoms with van der Waals surface area (Å²) in [6.45, 7) is 5.47. The van der Waals surface area contributed by atoms with Crippen LogP contribution in [0.15, 0.2) is 36.4 Å². The van der Waals surface area contributed by atoms with Gasteiger partial charge in [-0.15, -0.1) is 0 Å². The minimum atomic E-state index is -0.951. The Morgan fingerprint density at radius 1 is 1.37 bits per heavy atom. The van der Waals surface area contributed by atoms with Crippen molar-refractivity contribution in [3.8, 4) is 5.75 Å². The molecule has 27 heavy (non-hydrogen) atoms. The molecule has 0 fully saturated rings. The van der Waals surface area contributed by atoms with Crippen molar-refractivity contribution in [1.82, 2.24) is 5.32 Å². The summed E-state index contributed by atoms with van der Waals surface area (Å²) >= 11 is 6.44. The van der Waals surface area contributed by atoms with Gasteiger partial charge in [0.1, 0.15) is 11.9 Å². The third-order valence-electron chi connectivity index (χ3n) is 5.49. The van der Waals surface area contributed by atoms with E-state index in [9.17, 15) is 9.90 Å². The highest BCUT2D eigenvalue weighted by Crippen LogP contribution is 2.38. The summed E-state index contributed by atoms with van der Waals surface area (Å²) in [5.41, 5.74) is 3.91. The molecule has 0 heterocycles. The summed E-state index contributed by atoms with van der Waals surface area (Å²) in [6.07, 6.45) is 2.00. The van der Waals surface area contributed by atoms with Gasteiger partial charge in [0.25, 0.3) is 0 Å². The molecule has 0 saturated carbocycles. The van der Waals surface area contributed by atoms with E-state index in [1.165, 1.54) is 23.6 Å². The fourth-order valence-electron chi connectivity index (χ4n) is 3.41. The Morgan fingerprint density at radius 2 is 2.15 bits per heavy atom. The van der Waals surface area contributed by atoms with Crippen LogP contribution in [0.3, 0.4) is 0 Å². The standard InChI is InChI=1S/C22H26ClNO3/c1-14-5-4-6-18-17(14)8-10-20(18)27-21-9-7-16(11-19(21)23)12-24-22(3,13-25)15(2)26/h4-7,9,11,20,24-25H,8,10,12-13H2,1-3H3/t20?,22-/m0/s1. The van der Waals surface area contributed by atoms with Crippen molar-refractivity contribution >= 4 is 17.4 Å². The zero-order valence-corrected chi connectivity index (χ0v) is 16.8. The van der Waals surface area contributed by atoms with Crippen LogP contribution in [0.25, 0.3) is 0 Å². The Labute approximate surface area is 165 Å². The first-order chi connectivity index (χ1) is 12.8. The van der Waals surface area contributed by atoms with Crippen LogP contribution in [0.5, 0.6) is 5.75 Å². The van der Waals surface area contributed by atoms with Gasteiger partial charge in [-0.1, -0.05) is 35.9 Å². The van der Waals surface area contributed by atoms with Crippen LogP contribution in [0.2, 0.25) is 5.02 Å². The number of nitrogens with one attached hydrogen (secondary N) is 1. The maximum atomic E-state index is 11.7. The van der Waals surface area contributed by atoms with E-state index in [-0.39, 0.29) is 18.5 Å². The van der Waals surface area contributed by atoms with Crippen molar-refractivity contribution in [2.45, 2.75) is 51.8 Å². The molecule has 0 spiro atoms. The van der Waals surface area contributed by atoms with Gasteiger partial charge in [-0.05, 0) is 68.0 Å². The van der Waals surface area contributed by atoms with Crippen molar-refractivity contribution in [3.63, 3.8) is 0 Å². The molecule has 2 aromatic rings. The van der Waals surface area contributed by atoms with Gasteiger partial charge in [-0.25, -0.2) is 0 Å². The summed E-state index contributed by atoms with van der Waals surface area (Å²) < 4.78 is 6.20. The van der Waals surface area contributed by atoms with E-state index in [0.717, 1.165) is 18.4 Å². The lowest BCUT2D eigenvalue weighted by molar-refractivity contribution is -0.124. The van der Waals surface area contributed by atoms with Crippen LogP contribution in [0.1, 0.15) is 48.6 Å². The van der Waals surface area contributed by atoms with E-state index >= 15 is 0 Å². The van der Waals surface area contributed by atoms with Crippen LogP contribution < -0.4 is 10.1 Å². The van der Waals surface area contributed by atoms with Crippen molar-refractivity contribution < 1.29 is 14.6 Å². The van der Waals surface area contributed by atoms with Gasteiger partial charge in [0.05, 0.1) is 17.2 Å². The average Bonchev–Trinajstić information content (AvgIpc) is 3.06. The number of rotatable bonds is 7. The second kappa shape index (κ2) is 8.01. The fraction of sp³-hybridized carbons (Fsp3) is 0.409. The maximum absolute atomic E-state index is 11.7. The molecule has 5 heteroatoms. The average molecular weight is 388 g/mol. The van der Waals surface area contributed by atoms with Gasteiger partial charge in [-0.2, -0.15) is 0 Å². The summed E-state index contributed by atoms with van der Waals surface area (Å²) in [7, 11) is 0. The van der Waals surface area contributed by atoms with E-state index in [2.05, 4.69) is 30.4 Å². The molecule has 0 aromatic heterocycles. The van der Waals surface area contributed by atoms with Crippen LogP contribution in [0.4, 0.5) is 0 Å². The number of Topliss-reactive ketones (excluding diaryl/α,β-unsaturated/α-hetero) is 1. The molecule has 3 rings (SSSR count). The maximum Gasteiger partial charge on any atom is 0.151 e. The molecule has 0 saturated heterocycles. The molecule has 1 aliphatic rings. The normalized spacial score (nSPS) is 18.0. The van der Waals surface area contributed by atoms with E-state index in [4.69, 9.17) is 16.3 Å². The van der Waals surface area contributed by atoms with Crippen LogP contribution >= 0.6 is 11.6 Å². The molecule has 0 bridgehead atoms. The van der Waals surface area contributed by atoms with Gasteiger partial charge in [0.2, 0.25) is 0 Å². The number of ketones is 1. The van der Waals surface area contributed by atoms with Crippen molar-refractivity contribution in [2.24, 2.45) is 0 Å². The summed E-state index contributed by atoms with van der Waals surface area (Å²) in [5.74, 6) is 0.558. The van der Waals surface area contributed by atoms with E-state index in [1.807, 2.05) is 18.2 Å². The van der Waals surface area contributed by atoms with Gasteiger partial charge in [0.15, 0.2) is 5.78 Å². The molecular weight excluding hydrogens is 362 g/mol. The number of hydrogen-bond acceptors (Lipinski definition) is 4. The number of aryl methyl sites for hydroxylation is 1. The third-order valence-corrected chi connectivity index (χ3v) is 5.79. The Morgan fingerprint density at radius 3 is 2.81 bits per heavy atom. The molecule has 0 radical (unpaired) electrons. The van der Waals surface area contributed by atoms with Crippen molar-refractivity contribution in [2.75, 3.05) is 6.61 Å². The SMILES string of the molecule is CC(=O)[C@](C)(CO)NCc1ccc(OC2CCc3c(C)cccc32)c(Cl)c1. The van der Waals surface area contributed by atoms with Crippen LogP contribution in [0, 0.1) is 6.92 Å². The lowest BCUT2D eigenvalue weighted by Crippen LogP contribution is -2.51. The quantitative estimate of drug-likeness (QED) is 0.749. The number of aliphatic hydroxyl groups excluding tert-OH is 1. The first kappa shape index (κ1) is 19.9. The topological polar surface area (TPSA) is 58.6 Å². The highest BCUT2D eigenvalue weighted by atomic mass is 35.5. The van der Waals surface area contributed by atoms with Crippen molar-refractivity contribution in [3.05, 3.63) is 63.7 Å². The number of benzene rings is 2. The van der Waals surface area contributed by atoms with E-state index in [0.29, 0.717) is 17.3 Å². The molecule has 2 N–H and O–H groups in total. The van der Waals surface area contributed by atoms with E-state index < -0.39 is 5.54 Å². The molecule has 1 unspecified atom stereocenters. The molecule has 144 valence electrons. The summed E-state index contributed by atoms with van der Waals surface area (Å²) in [4.78, 5) is 11.7. The van der Waals surface area contributed by atoms with Crippen molar-refractivity contribution in [1.29, 1.82) is 0 Å². The van der Waals surface area contributed by atoms with Crippen LogP contribution in [-0.2, 0) is 17.8 Å². The largest absolute Gasteiger partial charge is 0.484 e. The number of fused-ring (bicyclic) bond motifs is 1. The number of hydrogen-bond donors (Lipinski definition) is 2. The summed E-state index contributed by atoms with van der Waals surface area (Å²) in [6, 6.07) is 12.0. The lowest BCUT2D eigenvalue weighted by atomic mass is 9.98. The Bertz CT molecular complexity index is 851. The zero-order chi connectivity index (χ0) is 19.6. The van der Waals surface area contributed by atoms with E-state index in [1.54, 1.807) is 6.92 Å². The molecule has 1 aliphatic carbocycles. The minimum absolute atomic E-state index is 0.0248. The van der Waals surface area contributed by atoms with Crippen LogP contribution in [-0.4, -0.2) is 23.0 Å². The highest BCUT2D eigenvalue weighted by Gasteiger charge is 2.28. The molecule has 4 nitrogen and oxygen atoms in total.